The molecule has 3 nitrogen and oxygen atoms in total. The number of nitrogens with one attached hydrogen (secondary N) is 1. The van der Waals surface area contributed by atoms with Crippen molar-refractivity contribution in [2.45, 2.75) is 58.1 Å². The molecule has 2 N–H and O–H groups in total. The van der Waals surface area contributed by atoms with Gasteiger partial charge in [0.2, 0.25) is 0 Å². The molecule has 1 aliphatic carbocycles. The molecule has 1 unspecified atom stereocenters. The molecule has 0 aliphatic heterocycles. The van der Waals surface area contributed by atoms with Crippen molar-refractivity contribution in [3.8, 4) is 0 Å². The second kappa shape index (κ2) is 8.04. The summed E-state index contributed by atoms with van der Waals surface area (Å²) in [7, 11) is 0. The van der Waals surface area contributed by atoms with Gasteiger partial charge in [-0.15, -0.1) is 0 Å². The lowest BCUT2D eigenvalue weighted by Crippen LogP contribution is -2.42. The van der Waals surface area contributed by atoms with E-state index in [0.29, 0.717) is 6.04 Å². The van der Waals surface area contributed by atoms with Crippen LogP contribution in [0, 0.1) is 0 Å². The van der Waals surface area contributed by atoms with Crippen molar-refractivity contribution in [2.75, 3.05) is 26.2 Å². The molecule has 1 saturated carbocycles. The standard InChI is InChI=1S/C13H28N2O/c1-3-15(4-2)11-13(16)10-14-12-8-6-5-7-9-12/h12-14,16H,3-11H2,1-2H3. The highest BCUT2D eigenvalue weighted by Gasteiger charge is 2.15. The van der Waals surface area contributed by atoms with E-state index in [9.17, 15) is 5.11 Å². The summed E-state index contributed by atoms with van der Waals surface area (Å²) in [5.74, 6) is 0. The number of likely N-dealkylation sites (N-methyl/N-ethyl adjacent to an activating group) is 1. The topological polar surface area (TPSA) is 35.5 Å². The van der Waals surface area contributed by atoms with Crippen LogP contribution in [-0.4, -0.2) is 48.3 Å². The van der Waals surface area contributed by atoms with Gasteiger partial charge in [-0.05, 0) is 25.9 Å². The van der Waals surface area contributed by atoms with Crippen LogP contribution in [0.4, 0.5) is 0 Å². The Balaban J connectivity index is 2.10. The average Bonchev–Trinajstić information content (AvgIpc) is 2.34. The first-order valence-corrected chi connectivity index (χ1v) is 6.90. The summed E-state index contributed by atoms with van der Waals surface area (Å²) in [6.45, 7) is 7.89. The normalized spacial score (nSPS) is 20.2. The smallest absolute Gasteiger partial charge is 0.0791 e. The molecule has 0 heterocycles. The number of hydrogen-bond acceptors (Lipinski definition) is 3. The predicted octanol–water partition coefficient (Wildman–Crippen LogP) is 1.61. The Morgan fingerprint density at radius 1 is 1.19 bits per heavy atom. The fraction of sp³-hybridized carbons (Fsp3) is 1.00. The zero-order valence-corrected chi connectivity index (χ0v) is 10.9. The van der Waals surface area contributed by atoms with Crippen molar-refractivity contribution >= 4 is 0 Å². The molecule has 0 bridgehead atoms. The van der Waals surface area contributed by atoms with Gasteiger partial charge in [-0.1, -0.05) is 33.1 Å². The van der Waals surface area contributed by atoms with Crippen molar-refractivity contribution in [1.82, 2.24) is 10.2 Å². The van der Waals surface area contributed by atoms with Gasteiger partial charge in [0.15, 0.2) is 0 Å². The van der Waals surface area contributed by atoms with Crippen LogP contribution in [0.2, 0.25) is 0 Å². The fourth-order valence-corrected chi connectivity index (χ4v) is 2.45. The summed E-state index contributed by atoms with van der Waals surface area (Å²) in [6, 6.07) is 0.653. The van der Waals surface area contributed by atoms with Gasteiger partial charge in [0.05, 0.1) is 6.10 Å². The van der Waals surface area contributed by atoms with E-state index >= 15 is 0 Å². The Morgan fingerprint density at radius 3 is 2.38 bits per heavy atom. The summed E-state index contributed by atoms with van der Waals surface area (Å²) in [5.41, 5.74) is 0. The van der Waals surface area contributed by atoms with Crippen molar-refractivity contribution in [3.63, 3.8) is 0 Å². The van der Waals surface area contributed by atoms with E-state index in [4.69, 9.17) is 0 Å². The van der Waals surface area contributed by atoms with Crippen LogP contribution < -0.4 is 5.32 Å². The van der Waals surface area contributed by atoms with E-state index in [0.717, 1.165) is 26.2 Å². The summed E-state index contributed by atoms with van der Waals surface area (Å²) >= 11 is 0. The molecular weight excluding hydrogens is 200 g/mol. The predicted molar refractivity (Wildman–Crippen MR) is 68.7 cm³/mol. The second-order valence-electron chi connectivity index (χ2n) is 4.88. The monoisotopic (exact) mass is 228 g/mol. The molecule has 96 valence electrons. The maximum atomic E-state index is 9.91. The molecule has 0 aromatic carbocycles. The molecule has 0 saturated heterocycles. The van der Waals surface area contributed by atoms with Gasteiger partial charge >= 0.3 is 0 Å². The van der Waals surface area contributed by atoms with Crippen molar-refractivity contribution in [1.29, 1.82) is 0 Å². The molecule has 16 heavy (non-hydrogen) atoms. The third-order valence-electron chi connectivity index (χ3n) is 3.61. The lowest BCUT2D eigenvalue weighted by Gasteiger charge is -2.26. The highest BCUT2D eigenvalue weighted by atomic mass is 16.3. The Labute approximate surface area is 100 Å². The SMILES string of the molecule is CCN(CC)CC(O)CNC1CCCCC1. The molecule has 0 spiro atoms. The first-order valence-electron chi connectivity index (χ1n) is 6.90. The van der Waals surface area contributed by atoms with E-state index in [1.54, 1.807) is 0 Å². The molecule has 0 radical (unpaired) electrons. The molecule has 0 amide bonds. The van der Waals surface area contributed by atoms with Crippen LogP contribution in [0.3, 0.4) is 0 Å². The van der Waals surface area contributed by atoms with Gasteiger partial charge in [0, 0.05) is 19.1 Å². The highest BCUT2D eigenvalue weighted by molar-refractivity contribution is 4.74. The van der Waals surface area contributed by atoms with Crippen LogP contribution in [0.15, 0.2) is 0 Å². The second-order valence-corrected chi connectivity index (χ2v) is 4.88. The maximum absolute atomic E-state index is 9.91. The van der Waals surface area contributed by atoms with E-state index < -0.39 is 0 Å². The number of aliphatic hydroxyl groups is 1. The summed E-state index contributed by atoms with van der Waals surface area (Å²) in [6.07, 6.45) is 6.45. The fourth-order valence-electron chi connectivity index (χ4n) is 2.45. The number of nitrogens with zero attached hydrogens (tertiary/aromatic N) is 1. The molecule has 1 atom stereocenters. The van der Waals surface area contributed by atoms with E-state index in [1.165, 1.54) is 32.1 Å². The molecule has 0 aromatic rings. The van der Waals surface area contributed by atoms with Gasteiger partial charge in [-0.2, -0.15) is 0 Å². The summed E-state index contributed by atoms with van der Waals surface area (Å²) in [4.78, 5) is 2.27. The zero-order valence-electron chi connectivity index (χ0n) is 10.9. The van der Waals surface area contributed by atoms with E-state index in [2.05, 4.69) is 24.1 Å². The highest BCUT2D eigenvalue weighted by Crippen LogP contribution is 2.17. The minimum Gasteiger partial charge on any atom is -0.390 e. The Bertz CT molecular complexity index is 165. The van der Waals surface area contributed by atoms with Crippen LogP contribution in [-0.2, 0) is 0 Å². The molecule has 1 rings (SSSR count). The van der Waals surface area contributed by atoms with Crippen LogP contribution in [0.1, 0.15) is 46.0 Å². The lowest BCUT2D eigenvalue weighted by molar-refractivity contribution is 0.112. The van der Waals surface area contributed by atoms with Gasteiger partial charge in [-0.25, -0.2) is 0 Å². The van der Waals surface area contributed by atoms with Gasteiger partial charge < -0.3 is 15.3 Å². The Kier molecular flexibility index (Phi) is 7.01. The van der Waals surface area contributed by atoms with Crippen LogP contribution in [0.5, 0.6) is 0 Å². The molecule has 1 fully saturated rings. The molecule has 0 aromatic heterocycles. The summed E-state index contributed by atoms with van der Waals surface area (Å²) < 4.78 is 0. The Hall–Kier alpha value is -0.120. The van der Waals surface area contributed by atoms with Crippen LogP contribution in [0.25, 0.3) is 0 Å². The third kappa shape index (κ3) is 5.28. The number of hydrogen-bond donors (Lipinski definition) is 2. The van der Waals surface area contributed by atoms with Crippen molar-refractivity contribution < 1.29 is 5.11 Å². The lowest BCUT2D eigenvalue weighted by atomic mass is 9.95. The number of aliphatic hydroxyl groups excluding tert-OH is 1. The quantitative estimate of drug-likeness (QED) is 0.695. The Morgan fingerprint density at radius 2 is 1.81 bits per heavy atom. The molecule has 3 heteroatoms. The first-order chi connectivity index (χ1) is 7.76. The molecule has 1 aliphatic rings. The maximum Gasteiger partial charge on any atom is 0.0791 e. The zero-order chi connectivity index (χ0) is 11.8. The minimum absolute atomic E-state index is 0.221. The molecular formula is C13H28N2O. The van der Waals surface area contributed by atoms with Crippen molar-refractivity contribution in [2.24, 2.45) is 0 Å². The van der Waals surface area contributed by atoms with E-state index in [1.807, 2.05) is 0 Å². The summed E-state index contributed by atoms with van der Waals surface area (Å²) in [5, 5.41) is 13.4. The van der Waals surface area contributed by atoms with Crippen molar-refractivity contribution in [3.05, 3.63) is 0 Å². The van der Waals surface area contributed by atoms with E-state index in [-0.39, 0.29) is 6.10 Å². The first kappa shape index (κ1) is 13.9. The van der Waals surface area contributed by atoms with Gasteiger partial charge in [0.25, 0.3) is 0 Å². The van der Waals surface area contributed by atoms with Crippen LogP contribution >= 0.6 is 0 Å². The number of rotatable bonds is 7. The average molecular weight is 228 g/mol. The van der Waals surface area contributed by atoms with Gasteiger partial charge in [-0.3, -0.25) is 0 Å². The minimum atomic E-state index is -0.221. The largest absolute Gasteiger partial charge is 0.390 e. The third-order valence-corrected chi connectivity index (χ3v) is 3.61. The van der Waals surface area contributed by atoms with Gasteiger partial charge in [0.1, 0.15) is 0 Å².